The molecule has 3 nitrogen and oxygen atoms in total. The molecule has 2 heterocycles. The fourth-order valence-electron chi connectivity index (χ4n) is 2.82. The third kappa shape index (κ3) is 2.69. The van der Waals surface area contributed by atoms with E-state index in [0.29, 0.717) is 12.0 Å². The zero-order valence-corrected chi connectivity index (χ0v) is 13.2. The second-order valence-corrected chi connectivity index (χ2v) is 6.09. The zero-order chi connectivity index (χ0) is 13.3. The van der Waals surface area contributed by atoms with Gasteiger partial charge < -0.3 is 9.80 Å². The Morgan fingerprint density at radius 1 is 1.44 bits per heavy atom. The normalized spacial score (nSPS) is 24.0. The highest BCUT2D eigenvalue weighted by Crippen LogP contribution is 2.27. The van der Waals surface area contributed by atoms with E-state index in [-0.39, 0.29) is 0 Å². The van der Waals surface area contributed by atoms with E-state index in [2.05, 4.69) is 64.7 Å². The van der Waals surface area contributed by atoms with E-state index < -0.39 is 0 Å². The van der Waals surface area contributed by atoms with Gasteiger partial charge in [-0.2, -0.15) is 0 Å². The summed E-state index contributed by atoms with van der Waals surface area (Å²) in [5.74, 6) is 1.84. The number of hydrogen-bond donors (Lipinski definition) is 0. The van der Waals surface area contributed by atoms with Gasteiger partial charge in [0.05, 0.1) is 0 Å². The molecule has 2 rings (SSSR count). The third-order valence-corrected chi connectivity index (χ3v) is 4.44. The zero-order valence-electron chi connectivity index (χ0n) is 11.7. The number of halogens is 1. The Kier molecular flexibility index (Phi) is 4.28. The number of pyridine rings is 1. The molecule has 1 saturated heterocycles. The molecule has 1 aliphatic heterocycles. The van der Waals surface area contributed by atoms with Gasteiger partial charge in [-0.1, -0.05) is 28.9 Å². The standard InChI is InChI=1S/C14H22BrN3/c1-10-5-12(6-15)7-16-14(10)18-8-11(2)13(9-18)17(3)4/h5,7,11,13H,6,8-9H2,1-4H3. The summed E-state index contributed by atoms with van der Waals surface area (Å²) in [7, 11) is 4.33. The Labute approximate surface area is 118 Å². The maximum atomic E-state index is 4.64. The lowest BCUT2D eigenvalue weighted by molar-refractivity contribution is 0.266. The third-order valence-electron chi connectivity index (χ3n) is 3.80. The Bertz CT molecular complexity index is 420. The molecule has 1 fully saturated rings. The molecule has 2 unspecified atom stereocenters. The van der Waals surface area contributed by atoms with Crippen molar-refractivity contribution in [2.75, 3.05) is 32.1 Å². The van der Waals surface area contributed by atoms with Gasteiger partial charge in [-0.05, 0) is 38.1 Å². The second kappa shape index (κ2) is 5.57. The summed E-state index contributed by atoms with van der Waals surface area (Å²) in [6.07, 6.45) is 1.98. The van der Waals surface area contributed by atoms with Crippen LogP contribution in [0.4, 0.5) is 5.82 Å². The second-order valence-electron chi connectivity index (χ2n) is 5.53. The molecule has 0 saturated carbocycles. The molecule has 100 valence electrons. The van der Waals surface area contributed by atoms with Crippen LogP contribution in [0.3, 0.4) is 0 Å². The van der Waals surface area contributed by atoms with E-state index in [9.17, 15) is 0 Å². The fraction of sp³-hybridized carbons (Fsp3) is 0.643. The smallest absolute Gasteiger partial charge is 0.131 e. The van der Waals surface area contributed by atoms with Crippen LogP contribution >= 0.6 is 15.9 Å². The maximum absolute atomic E-state index is 4.64. The van der Waals surface area contributed by atoms with Gasteiger partial charge in [-0.15, -0.1) is 0 Å². The first-order valence-corrected chi connectivity index (χ1v) is 7.58. The van der Waals surface area contributed by atoms with Crippen molar-refractivity contribution in [3.8, 4) is 0 Å². The Morgan fingerprint density at radius 3 is 2.67 bits per heavy atom. The topological polar surface area (TPSA) is 19.4 Å². The minimum atomic E-state index is 0.627. The number of aryl methyl sites for hydroxylation is 1. The van der Waals surface area contributed by atoms with Crippen LogP contribution < -0.4 is 4.90 Å². The van der Waals surface area contributed by atoms with Crippen LogP contribution in [0.5, 0.6) is 0 Å². The van der Waals surface area contributed by atoms with Crippen LogP contribution in [0.15, 0.2) is 12.3 Å². The Balaban J connectivity index is 2.18. The number of anilines is 1. The van der Waals surface area contributed by atoms with Crippen molar-refractivity contribution in [3.63, 3.8) is 0 Å². The lowest BCUT2D eigenvalue weighted by Gasteiger charge is -2.23. The Hall–Kier alpha value is -0.610. The highest BCUT2D eigenvalue weighted by Gasteiger charge is 2.32. The SMILES string of the molecule is Cc1cc(CBr)cnc1N1CC(C)C(N(C)C)C1. The van der Waals surface area contributed by atoms with Crippen molar-refractivity contribution < 1.29 is 0 Å². The lowest BCUT2D eigenvalue weighted by Crippen LogP contribution is -2.34. The lowest BCUT2D eigenvalue weighted by atomic mass is 10.1. The average Bonchev–Trinajstić information content (AvgIpc) is 2.71. The van der Waals surface area contributed by atoms with Crippen molar-refractivity contribution in [1.82, 2.24) is 9.88 Å². The van der Waals surface area contributed by atoms with Gasteiger partial charge >= 0.3 is 0 Å². The molecule has 0 aliphatic carbocycles. The minimum absolute atomic E-state index is 0.627. The van der Waals surface area contributed by atoms with E-state index in [1.807, 2.05) is 6.20 Å². The first kappa shape index (κ1) is 13.8. The largest absolute Gasteiger partial charge is 0.354 e. The van der Waals surface area contributed by atoms with Crippen LogP contribution in [0, 0.1) is 12.8 Å². The monoisotopic (exact) mass is 311 g/mol. The van der Waals surface area contributed by atoms with Crippen molar-refractivity contribution in [3.05, 3.63) is 23.4 Å². The van der Waals surface area contributed by atoms with E-state index in [4.69, 9.17) is 0 Å². The van der Waals surface area contributed by atoms with E-state index in [1.54, 1.807) is 0 Å². The molecule has 1 aliphatic rings. The molecule has 1 aromatic heterocycles. The van der Waals surface area contributed by atoms with Gasteiger partial charge in [0.25, 0.3) is 0 Å². The summed E-state index contributed by atoms with van der Waals surface area (Å²) < 4.78 is 0. The van der Waals surface area contributed by atoms with Gasteiger partial charge in [0.1, 0.15) is 5.82 Å². The van der Waals surface area contributed by atoms with Gasteiger partial charge in [-0.25, -0.2) is 4.98 Å². The molecule has 0 spiro atoms. The predicted octanol–water partition coefficient (Wildman–Crippen LogP) is 2.67. The summed E-state index contributed by atoms with van der Waals surface area (Å²) in [6.45, 7) is 6.66. The molecule has 4 heteroatoms. The summed E-state index contributed by atoms with van der Waals surface area (Å²) in [4.78, 5) is 9.38. The van der Waals surface area contributed by atoms with Crippen molar-refractivity contribution >= 4 is 21.7 Å². The van der Waals surface area contributed by atoms with E-state index in [0.717, 1.165) is 24.2 Å². The van der Waals surface area contributed by atoms with Crippen molar-refractivity contribution in [1.29, 1.82) is 0 Å². The predicted molar refractivity (Wildman–Crippen MR) is 80.5 cm³/mol. The molecule has 0 bridgehead atoms. The summed E-state index contributed by atoms with van der Waals surface area (Å²) >= 11 is 3.48. The minimum Gasteiger partial charge on any atom is -0.354 e. The van der Waals surface area contributed by atoms with Crippen LogP contribution in [0.2, 0.25) is 0 Å². The van der Waals surface area contributed by atoms with Crippen LogP contribution in [-0.2, 0) is 5.33 Å². The molecular formula is C14H22BrN3. The molecule has 0 aromatic carbocycles. The molecule has 18 heavy (non-hydrogen) atoms. The van der Waals surface area contributed by atoms with Crippen LogP contribution in [-0.4, -0.2) is 43.1 Å². The summed E-state index contributed by atoms with van der Waals surface area (Å²) in [5.41, 5.74) is 2.52. The van der Waals surface area contributed by atoms with Gasteiger partial charge in [-0.3, -0.25) is 0 Å². The number of likely N-dealkylation sites (N-methyl/N-ethyl adjacent to an activating group) is 1. The van der Waals surface area contributed by atoms with Crippen LogP contribution in [0.25, 0.3) is 0 Å². The van der Waals surface area contributed by atoms with Gasteiger partial charge in [0.15, 0.2) is 0 Å². The molecule has 0 radical (unpaired) electrons. The van der Waals surface area contributed by atoms with E-state index in [1.165, 1.54) is 11.1 Å². The summed E-state index contributed by atoms with van der Waals surface area (Å²) in [6, 6.07) is 2.85. The molecule has 0 N–H and O–H groups in total. The fourth-order valence-corrected chi connectivity index (χ4v) is 3.13. The quantitative estimate of drug-likeness (QED) is 0.800. The molecular weight excluding hydrogens is 290 g/mol. The highest BCUT2D eigenvalue weighted by atomic mass is 79.9. The number of aromatic nitrogens is 1. The Morgan fingerprint density at radius 2 is 2.17 bits per heavy atom. The van der Waals surface area contributed by atoms with Crippen LogP contribution in [0.1, 0.15) is 18.1 Å². The molecule has 1 aromatic rings. The van der Waals surface area contributed by atoms with Gasteiger partial charge in [0, 0.05) is 30.7 Å². The van der Waals surface area contributed by atoms with Crippen molar-refractivity contribution in [2.45, 2.75) is 25.2 Å². The average molecular weight is 312 g/mol. The first-order chi connectivity index (χ1) is 8.52. The number of nitrogens with zero attached hydrogens (tertiary/aromatic N) is 3. The van der Waals surface area contributed by atoms with E-state index >= 15 is 0 Å². The molecule has 0 amide bonds. The highest BCUT2D eigenvalue weighted by molar-refractivity contribution is 9.08. The number of hydrogen-bond acceptors (Lipinski definition) is 3. The summed E-state index contributed by atoms with van der Waals surface area (Å²) in [5, 5.41) is 0.873. The number of alkyl halides is 1. The van der Waals surface area contributed by atoms with Gasteiger partial charge in [0.2, 0.25) is 0 Å². The first-order valence-electron chi connectivity index (χ1n) is 6.45. The van der Waals surface area contributed by atoms with Crippen molar-refractivity contribution in [2.24, 2.45) is 5.92 Å². The molecule has 2 atom stereocenters. The number of rotatable bonds is 3. The maximum Gasteiger partial charge on any atom is 0.131 e.